The van der Waals surface area contributed by atoms with Gasteiger partial charge in [0.1, 0.15) is 11.7 Å². The molecule has 21 heteroatoms. The summed E-state index contributed by atoms with van der Waals surface area (Å²) < 4.78 is 1.97. The topological polar surface area (TPSA) is 352 Å². The Morgan fingerprint density at radius 3 is 1.35 bits per heavy atom. The Labute approximate surface area is 606 Å². The van der Waals surface area contributed by atoms with Crippen molar-refractivity contribution < 1.29 is 59.6 Å². The third-order valence-electron chi connectivity index (χ3n) is 34.8. The zero-order chi connectivity index (χ0) is 72.7. The fraction of sp³-hybridized carbons (Fsp3) is 0.901. The van der Waals surface area contributed by atoms with Crippen LogP contribution in [0.4, 0.5) is 0 Å². The monoisotopic (exact) mass is 1420 g/mol. The van der Waals surface area contributed by atoms with Crippen LogP contribution in [-0.4, -0.2) is 136 Å². The van der Waals surface area contributed by atoms with Gasteiger partial charge in [-0.3, -0.25) is 35.4 Å². The van der Waals surface area contributed by atoms with Gasteiger partial charge in [0.2, 0.25) is 23.6 Å². The Bertz CT molecular complexity index is 3310. The van der Waals surface area contributed by atoms with Gasteiger partial charge in [-0.05, 0) is 300 Å². The molecule has 34 atom stereocenters. The fourth-order valence-corrected chi connectivity index (χ4v) is 29.1. The van der Waals surface area contributed by atoms with Crippen LogP contribution in [0.15, 0.2) is 6.20 Å². The second kappa shape index (κ2) is 28.1. The first kappa shape index (κ1) is 74.6. The summed E-state index contributed by atoms with van der Waals surface area (Å²) in [5, 5.41) is 97.2. The van der Waals surface area contributed by atoms with Crippen molar-refractivity contribution in [1.29, 1.82) is 0 Å². The predicted molar refractivity (Wildman–Crippen MR) is 384 cm³/mol. The highest BCUT2D eigenvalue weighted by molar-refractivity contribution is 5.88. The van der Waals surface area contributed by atoms with Crippen molar-refractivity contribution in [2.45, 2.75) is 316 Å². The second-order valence-corrected chi connectivity index (χ2v) is 38.9. The molecule has 1 aromatic rings. The zero-order valence-electron chi connectivity index (χ0n) is 63.2. The van der Waals surface area contributed by atoms with E-state index in [9.17, 15) is 54.6 Å². The summed E-state index contributed by atoms with van der Waals surface area (Å²) in [6.07, 6.45) is 18.4. The molecule has 12 aliphatic heterocycles. The fourth-order valence-electron chi connectivity index (χ4n) is 29.1. The highest BCUT2D eigenvalue weighted by Crippen LogP contribution is 2.73. The van der Waals surface area contributed by atoms with Crippen LogP contribution in [0.2, 0.25) is 0 Å². The molecule has 12 fully saturated rings. The molecule has 26 bridgehead atoms. The van der Waals surface area contributed by atoms with Crippen LogP contribution in [0.5, 0.6) is 0 Å². The Morgan fingerprint density at radius 2 is 0.902 bits per heavy atom. The van der Waals surface area contributed by atoms with E-state index in [2.05, 4.69) is 98.9 Å². The number of carbonyl (C=O) groups excluding carboxylic acids is 5. The molecule has 21 nitrogen and oxygen atoms in total. The molecular weight excluding hydrogens is 1290 g/mol. The van der Waals surface area contributed by atoms with Gasteiger partial charge in [0, 0.05) is 37.8 Å². The summed E-state index contributed by atoms with van der Waals surface area (Å²) in [5.74, 6) is 1.13. The summed E-state index contributed by atoms with van der Waals surface area (Å²) >= 11 is 0. The molecule has 12 aliphatic carbocycles. The van der Waals surface area contributed by atoms with E-state index in [1.54, 1.807) is 0 Å². The molecule has 0 radical (unpaired) electrons. The number of nitrogens with two attached hydrogens (primary N) is 2. The molecule has 0 saturated heterocycles. The lowest BCUT2D eigenvalue weighted by molar-refractivity contribution is -0.379. The number of hydrogen-bond donors (Lipinski definition) is 13. The van der Waals surface area contributed by atoms with E-state index in [1.807, 2.05) is 10.9 Å². The first-order valence-corrected chi connectivity index (χ1v) is 41.1. The molecule has 102 heavy (non-hydrogen) atoms. The average molecular weight is 1420 g/mol. The minimum Gasteiger partial charge on any atom is -0.393 e. The molecule has 5 amide bonds. The van der Waals surface area contributed by atoms with Crippen molar-refractivity contribution >= 4 is 35.5 Å². The maximum Gasteiger partial charge on any atom is 0.346 e. The normalized spacial score (nSPS) is 51.4. The summed E-state index contributed by atoms with van der Waals surface area (Å²) in [7, 11) is 0. The molecular formula is C81H131N10O11+. The average Bonchev–Trinajstić information content (AvgIpc) is 1.04. The highest BCUT2D eigenvalue weighted by atomic mass is 16.3. The molecule has 1 aromatic heterocycles. The van der Waals surface area contributed by atoms with Gasteiger partial charge in [-0.25, -0.2) is 9.67 Å². The molecule has 0 spiro atoms. The van der Waals surface area contributed by atoms with Gasteiger partial charge in [-0.15, -0.1) is 5.10 Å². The molecule has 24 aliphatic rings. The SMILES string of the molecule is C[C@@H]1CCC(=O)N[C@@H]2CC[C@@]3(C)[C@@H](C2)C[C@@H](O)[C@@H]2[C@@H]3C[C@H](O)[C@]3(C)[C@H](CC[C@@H]23)[C@H](C)CCC(=O)NCc2cn(nn2)[C@@H]2CC[C@@]3(C)[C@@H](C2)C[C@@H](O)[C@@H]2[C@@H]3C[C@H](O)[C@]3(C)[C@H](CC[C@@H]23)[C@H](C)CCC(=O)N[C@@H](CCC(=O)[NH+]=C(N)N)C(=O)N[C@@H]2CC[C@]3(C)[C@@H](C2)C[C@@H](O)[C@@H]2[C@H]3C[C@H](O)[C@]3(C)[C@@H]1CC[C@@H]23. The number of nitrogens with one attached hydrogen (secondary N) is 5. The van der Waals surface area contributed by atoms with Crippen molar-refractivity contribution in [3.05, 3.63) is 11.9 Å². The number of aromatic nitrogens is 3. The van der Waals surface area contributed by atoms with E-state index in [-0.39, 0.29) is 202 Å². The Kier molecular flexibility index (Phi) is 20.5. The number of amides is 5. The van der Waals surface area contributed by atoms with E-state index < -0.39 is 59.4 Å². The number of rotatable bonds is 3. The molecule has 0 aromatic carbocycles. The lowest BCUT2D eigenvalue weighted by Gasteiger charge is -2.63. The Morgan fingerprint density at radius 1 is 0.500 bits per heavy atom. The molecule has 25 rings (SSSR count). The molecule has 12 saturated carbocycles. The number of nitrogens with zero attached hydrogens (tertiary/aromatic N) is 3. The number of fused-ring (bicyclic) bond motifs is 1. The van der Waals surface area contributed by atoms with Gasteiger partial charge in [0.25, 0.3) is 5.91 Å². The van der Waals surface area contributed by atoms with Crippen LogP contribution in [0.25, 0.3) is 0 Å². The van der Waals surface area contributed by atoms with Gasteiger partial charge < -0.3 is 51.9 Å². The standard InChI is InChI=1S/C81H130N10O11/c1-41-10-20-67(98)84-39-49-40-91(90-89-49)50-26-29-78(6)46(32-50)35-63(94)73-56-18-15-53(81(56,9)66(97)38-59(73)78)43(3)12-22-69(100)87-60(19-23-70(101)88-75(82)83)74(102)86-48-25-28-77(5)45(31-48)34-62(93)72-55-17-14-52(80(55,8)65(96)37-58(72)77)42(2)11-21-68(99)85-47-24-27-76(4)44(30-47)33-61(92)71-54-16-13-51(41)79(54,7)64(95)36-57(71)76/h40-48,50-66,71-73,92-97H,10-39H2,1-9H3,(H,84,98)(H,85,99)(H,86,102)(H,87,100)(H4,82,83,88,101)/p+1/t41-,42-,43-,44+,45+,46+,47-,48-,50-,51-,52-,53-,54+,55+,56+,57+,58-,59+,60+,61-,62-,63-,64+,65+,66+,71+,72+,73+,76+,77-,78+,79-,80-,81-/m1/s1. The van der Waals surface area contributed by atoms with Crippen molar-refractivity contribution in [3.8, 4) is 0 Å². The summed E-state index contributed by atoms with van der Waals surface area (Å²) in [4.78, 5) is 72.1. The van der Waals surface area contributed by atoms with Gasteiger partial charge in [-0.2, -0.15) is 0 Å². The Balaban J connectivity index is 0.675. The van der Waals surface area contributed by atoms with Gasteiger partial charge in [-0.1, -0.05) is 67.5 Å². The number of hydrogen-bond acceptors (Lipinski definition) is 13. The molecule has 570 valence electrons. The third-order valence-corrected chi connectivity index (χ3v) is 34.8. The van der Waals surface area contributed by atoms with Crippen LogP contribution >= 0.6 is 0 Å². The summed E-state index contributed by atoms with van der Waals surface area (Å²) in [5.41, 5.74) is 10.4. The van der Waals surface area contributed by atoms with E-state index >= 15 is 0 Å². The van der Waals surface area contributed by atoms with Crippen molar-refractivity contribution in [3.63, 3.8) is 0 Å². The zero-order valence-corrected chi connectivity index (χ0v) is 63.2. The van der Waals surface area contributed by atoms with Crippen molar-refractivity contribution in [2.75, 3.05) is 0 Å². The quantitative estimate of drug-likeness (QED) is 0.112. The van der Waals surface area contributed by atoms with Crippen LogP contribution in [0.1, 0.15) is 260 Å². The number of guanidine groups is 1. The summed E-state index contributed by atoms with van der Waals surface area (Å²) in [6.45, 7) is 20.9. The number of carbonyl (C=O) groups is 5. The predicted octanol–water partition coefficient (Wildman–Crippen LogP) is 6.61. The first-order chi connectivity index (χ1) is 48.3. The minimum atomic E-state index is -1.01. The Hall–Kier alpha value is -4.28. The summed E-state index contributed by atoms with van der Waals surface area (Å²) in [6, 6.07) is -1.13. The third kappa shape index (κ3) is 12.6. The van der Waals surface area contributed by atoms with Crippen molar-refractivity contribution in [2.24, 2.45) is 150 Å². The van der Waals surface area contributed by atoms with Crippen LogP contribution in [-0.2, 0) is 30.5 Å². The van der Waals surface area contributed by atoms with Crippen LogP contribution in [0, 0.1) is 139 Å². The number of aliphatic hydroxyl groups excluding tert-OH is 6. The van der Waals surface area contributed by atoms with Gasteiger partial charge in [0.05, 0.1) is 55.4 Å². The lowest BCUT2D eigenvalue weighted by atomic mass is 9.43. The second-order valence-electron chi connectivity index (χ2n) is 38.9. The molecule has 13 heterocycles. The van der Waals surface area contributed by atoms with E-state index in [4.69, 9.17) is 11.5 Å². The largest absolute Gasteiger partial charge is 0.393 e. The van der Waals surface area contributed by atoms with E-state index in [1.165, 1.54) is 0 Å². The highest BCUT2D eigenvalue weighted by Gasteiger charge is 2.70. The first-order valence-electron chi connectivity index (χ1n) is 41.1. The number of aliphatic hydroxyl groups is 6. The van der Waals surface area contributed by atoms with Gasteiger partial charge >= 0.3 is 5.96 Å². The van der Waals surface area contributed by atoms with Gasteiger partial charge in [0.15, 0.2) is 0 Å². The molecule has 15 N–H and O–H groups in total. The maximum absolute atomic E-state index is 14.6. The molecule has 0 unspecified atom stereocenters. The lowest BCUT2D eigenvalue weighted by Crippen LogP contribution is -2.81. The smallest absolute Gasteiger partial charge is 0.346 e. The van der Waals surface area contributed by atoms with E-state index in [0.29, 0.717) is 89.2 Å². The van der Waals surface area contributed by atoms with Crippen LogP contribution < -0.4 is 37.7 Å². The van der Waals surface area contributed by atoms with Crippen LogP contribution in [0.3, 0.4) is 0 Å². The van der Waals surface area contributed by atoms with E-state index in [0.717, 1.165) is 83.5 Å². The minimum absolute atomic E-state index is 0.0186. The maximum atomic E-state index is 14.6. The van der Waals surface area contributed by atoms with Crippen molar-refractivity contribution in [1.82, 2.24) is 36.3 Å².